The molecule has 5 aromatic carbocycles. The molecular formula is C56H62N6O4. The normalized spacial score (nSPS) is 15.5. The van der Waals surface area contributed by atoms with Crippen LogP contribution in [0.3, 0.4) is 0 Å². The fraction of sp³-hybridized carbons (Fsp3) is 0.321. The second kappa shape index (κ2) is 20.6. The second-order valence-electron chi connectivity index (χ2n) is 18.9. The van der Waals surface area contributed by atoms with Crippen molar-refractivity contribution in [1.82, 2.24) is 30.0 Å². The van der Waals surface area contributed by atoms with Gasteiger partial charge in [0.1, 0.15) is 0 Å². The lowest BCUT2D eigenvalue weighted by molar-refractivity contribution is 0.0636. The Morgan fingerprint density at radius 1 is 0.697 bits per heavy atom. The number of para-hydroxylation sites is 2. The molecule has 9 rings (SSSR count). The van der Waals surface area contributed by atoms with Crippen LogP contribution in [0.2, 0.25) is 0 Å². The highest BCUT2D eigenvalue weighted by Crippen LogP contribution is 2.36. The number of rotatable bonds is 10. The molecule has 7 aromatic rings. The van der Waals surface area contributed by atoms with Crippen molar-refractivity contribution >= 4 is 33.7 Å². The maximum Gasteiger partial charge on any atom is 0.318 e. The number of amides is 3. The van der Waals surface area contributed by atoms with Crippen molar-refractivity contribution in [2.24, 2.45) is 0 Å². The molecule has 1 saturated heterocycles. The summed E-state index contributed by atoms with van der Waals surface area (Å²) in [7, 11) is 0. The Labute approximate surface area is 387 Å². The molecule has 2 aliphatic rings. The summed E-state index contributed by atoms with van der Waals surface area (Å²) in [4.78, 5) is 65.3. The summed E-state index contributed by atoms with van der Waals surface area (Å²) in [6.07, 6.45) is 6.52. The minimum atomic E-state index is -0.376. The summed E-state index contributed by atoms with van der Waals surface area (Å²) in [6.45, 7) is 11.0. The molecule has 3 amide bonds. The Morgan fingerprint density at radius 2 is 1.27 bits per heavy atom. The van der Waals surface area contributed by atoms with Gasteiger partial charge in [-0.1, -0.05) is 116 Å². The van der Waals surface area contributed by atoms with Crippen LogP contribution in [-0.2, 0) is 19.5 Å². The number of aromatic nitrogens is 2. The topological polar surface area (TPSA) is 122 Å². The summed E-state index contributed by atoms with van der Waals surface area (Å²) in [5, 5.41) is 5.04. The number of carbonyl (C=O) groups excluding carboxylic acids is 2. The molecule has 3 heterocycles. The molecule has 0 bridgehead atoms. The van der Waals surface area contributed by atoms with Crippen LogP contribution in [0, 0.1) is 6.92 Å². The van der Waals surface area contributed by atoms with E-state index in [9.17, 15) is 19.2 Å². The summed E-state index contributed by atoms with van der Waals surface area (Å²) in [6, 6.07) is 45.6. The molecule has 2 unspecified atom stereocenters. The van der Waals surface area contributed by atoms with E-state index >= 15 is 0 Å². The third-order valence-electron chi connectivity index (χ3n) is 12.9. The van der Waals surface area contributed by atoms with E-state index in [1.165, 1.54) is 36.0 Å². The number of nitrogens with one attached hydrogen (secondary N) is 3. The van der Waals surface area contributed by atoms with Gasteiger partial charge in [-0.3, -0.25) is 19.3 Å². The molecule has 0 saturated carbocycles. The Bertz CT molecular complexity index is 2910. The van der Waals surface area contributed by atoms with Gasteiger partial charge in [0.05, 0.1) is 25.2 Å². The highest BCUT2D eigenvalue weighted by molar-refractivity contribution is 5.96. The Hall–Kier alpha value is -6.78. The molecule has 1 aliphatic carbocycles. The largest absolute Gasteiger partial charge is 0.333 e. The first-order chi connectivity index (χ1) is 31.9. The number of pyridine rings is 2. The Morgan fingerprint density at radius 3 is 1.92 bits per heavy atom. The maximum atomic E-state index is 13.9. The van der Waals surface area contributed by atoms with Crippen LogP contribution in [0.15, 0.2) is 149 Å². The van der Waals surface area contributed by atoms with Crippen LogP contribution in [0.5, 0.6) is 0 Å². The van der Waals surface area contributed by atoms with Gasteiger partial charge in [0.25, 0.3) is 17.0 Å². The third kappa shape index (κ3) is 11.0. The number of aromatic amines is 2. The molecule has 10 heteroatoms. The van der Waals surface area contributed by atoms with E-state index in [4.69, 9.17) is 0 Å². The van der Waals surface area contributed by atoms with E-state index < -0.39 is 0 Å². The van der Waals surface area contributed by atoms with Gasteiger partial charge in [-0.2, -0.15) is 0 Å². The van der Waals surface area contributed by atoms with Gasteiger partial charge in [0.2, 0.25) is 0 Å². The number of fused-ring (bicyclic) bond motifs is 3. The molecule has 0 spiro atoms. The highest BCUT2D eigenvalue weighted by Gasteiger charge is 2.32. The number of nitrogens with zero attached hydrogens (tertiary/aromatic N) is 3. The zero-order valence-electron chi connectivity index (χ0n) is 38.7. The van der Waals surface area contributed by atoms with Crippen molar-refractivity contribution in [2.45, 2.75) is 96.9 Å². The summed E-state index contributed by atoms with van der Waals surface area (Å²) < 4.78 is 0. The lowest BCUT2D eigenvalue weighted by Gasteiger charge is -2.38. The van der Waals surface area contributed by atoms with E-state index in [0.29, 0.717) is 23.2 Å². The van der Waals surface area contributed by atoms with Crippen LogP contribution in [0.1, 0.15) is 109 Å². The summed E-state index contributed by atoms with van der Waals surface area (Å²) >= 11 is 0. The van der Waals surface area contributed by atoms with Crippen molar-refractivity contribution in [3.8, 4) is 0 Å². The lowest BCUT2D eigenvalue weighted by Crippen LogP contribution is -2.51. The van der Waals surface area contributed by atoms with Crippen molar-refractivity contribution in [3.05, 3.63) is 199 Å². The quantitative estimate of drug-likeness (QED) is 0.126. The van der Waals surface area contributed by atoms with Crippen LogP contribution in [-0.4, -0.2) is 61.8 Å². The number of piperidine rings is 1. The first-order valence-electron chi connectivity index (χ1n) is 23.4. The van der Waals surface area contributed by atoms with E-state index in [1.54, 1.807) is 4.90 Å². The molecule has 2 atom stereocenters. The molecule has 3 N–H and O–H groups in total. The number of likely N-dealkylation sites (tertiary alicyclic amines) is 1. The lowest BCUT2D eigenvalue weighted by atomic mass is 9.86. The summed E-state index contributed by atoms with van der Waals surface area (Å²) in [5.74, 6) is -0.0302. The van der Waals surface area contributed by atoms with Crippen molar-refractivity contribution < 1.29 is 9.59 Å². The van der Waals surface area contributed by atoms with E-state index in [-0.39, 0.29) is 53.8 Å². The van der Waals surface area contributed by atoms with Gasteiger partial charge in [0, 0.05) is 39.8 Å². The average Bonchev–Trinajstić information content (AvgIpc) is 3.32. The van der Waals surface area contributed by atoms with Gasteiger partial charge < -0.3 is 25.1 Å². The number of H-pyrrole nitrogens is 2. The molecular weight excluding hydrogens is 821 g/mol. The zero-order valence-corrected chi connectivity index (χ0v) is 38.7. The first kappa shape index (κ1) is 45.8. The fourth-order valence-electron chi connectivity index (χ4n) is 9.52. The van der Waals surface area contributed by atoms with Crippen molar-refractivity contribution in [3.63, 3.8) is 0 Å². The Kier molecular flexibility index (Phi) is 14.3. The van der Waals surface area contributed by atoms with Gasteiger partial charge >= 0.3 is 6.03 Å². The smallest absolute Gasteiger partial charge is 0.318 e. The number of benzene rings is 5. The first-order valence-corrected chi connectivity index (χ1v) is 23.4. The minimum Gasteiger partial charge on any atom is -0.333 e. The molecule has 1 fully saturated rings. The van der Waals surface area contributed by atoms with E-state index in [2.05, 4.69) is 62.6 Å². The number of carbonyl (C=O) groups is 2. The predicted molar refractivity (Wildman–Crippen MR) is 266 cm³/mol. The highest BCUT2D eigenvalue weighted by atomic mass is 16.2. The van der Waals surface area contributed by atoms with Crippen LogP contribution in [0.4, 0.5) is 4.79 Å². The van der Waals surface area contributed by atoms with E-state index in [1.807, 2.05) is 130 Å². The number of urea groups is 1. The number of hydrogen-bond donors (Lipinski definition) is 3. The SMILES string of the molecule is CC(C)(C)NC(=O)N(Cc1cc2ccccc2[nH]c1=O)CC(c1ccccc1)N1CCCCC1.Cc1ccccc1C(=O)N(Cc1cc2ccccc2[nH]c1=O)C1CCCc2ccccc21. The number of aryl methyl sites for hydroxylation is 2. The standard InChI is InChI=1S/C28H36N4O2.C28H26N2O2/c1-28(2,3)30-27(34)32(19-23-18-22-14-8-9-15-24(22)29-26(23)33)20-25(21-12-6-4-7-13-21)31-16-10-5-11-17-31;1-19-9-2-5-13-23(19)28(32)30(26-16-8-12-20-10-3-6-14-24(20)26)18-22-17-21-11-4-7-15-25(21)29-27(22)31/h4,6-9,12-15,18,25H,5,10-11,16-17,19-20H2,1-3H3,(H,29,33)(H,30,34);2-7,9-11,13-15,17,26H,8,12,16,18H2,1H3,(H,29,31). The van der Waals surface area contributed by atoms with Gasteiger partial charge in [-0.05, 0) is 136 Å². The van der Waals surface area contributed by atoms with Gasteiger partial charge in [-0.15, -0.1) is 0 Å². The fourth-order valence-corrected chi connectivity index (χ4v) is 9.52. The Balaban J connectivity index is 0.000000180. The monoisotopic (exact) mass is 882 g/mol. The molecule has 340 valence electrons. The molecule has 1 aliphatic heterocycles. The van der Waals surface area contributed by atoms with Gasteiger partial charge in [0.15, 0.2) is 0 Å². The second-order valence-corrected chi connectivity index (χ2v) is 18.9. The zero-order chi connectivity index (χ0) is 46.2. The molecule has 66 heavy (non-hydrogen) atoms. The number of hydrogen-bond acceptors (Lipinski definition) is 5. The maximum absolute atomic E-state index is 13.9. The van der Waals surface area contributed by atoms with Crippen molar-refractivity contribution in [2.75, 3.05) is 19.6 Å². The third-order valence-corrected chi connectivity index (χ3v) is 12.9. The minimum absolute atomic E-state index is 0.0302. The van der Waals surface area contributed by atoms with E-state index in [0.717, 1.165) is 59.7 Å². The van der Waals surface area contributed by atoms with Crippen LogP contribution >= 0.6 is 0 Å². The average molecular weight is 883 g/mol. The molecule has 10 nitrogen and oxygen atoms in total. The molecule has 0 radical (unpaired) electrons. The van der Waals surface area contributed by atoms with Crippen molar-refractivity contribution in [1.29, 1.82) is 0 Å². The van der Waals surface area contributed by atoms with Crippen LogP contribution in [0.25, 0.3) is 21.8 Å². The summed E-state index contributed by atoms with van der Waals surface area (Å²) in [5.41, 5.74) is 7.45. The van der Waals surface area contributed by atoms with Gasteiger partial charge in [-0.25, -0.2) is 4.79 Å². The molecule has 2 aromatic heterocycles. The predicted octanol–water partition coefficient (Wildman–Crippen LogP) is 10.6. The van der Waals surface area contributed by atoms with Crippen LogP contribution < -0.4 is 16.4 Å².